The van der Waals surface area contributed by atoms with Crippen LogP contribution in [0.1, 0.15) is 59.2 Å². The number of amides is 1. The fourth-order valence-electron chi connectivity index (χ4n) is 5.36. The lowest BCUT2D eigenvalue weighted by Gasteiger charge is -2.39. The van der Waals surface area contributed by atoms with Crippen LogP contribution in [0.2, 0.25) is 5.02 Å². The Kier molecular flexibility index (Phi) is 8.12. The van der Waals surface area contributed by atoms with Gasteiger partial charge in [-0.3, -0.25) is 9.69 Å². The smallest absolute Gasteiger partial charge is 0.251 e. The van der Waals surface area contributed by atoms with E-state index in [2.05, 4.69) is 41.5 Å². The van der Waals surface area contributed by atoms with E-state index in [9.17, 15) is 9.18 Å². The fourth-order valence-corrected chi connectivity index (χ4v) is 5.54. The molecule has 2 atom stereocenters. The summed E-state index contributed by atoms with van der Waals surface area (Å²) in [6.07, 6.45) is 5.16. The maximum absolute atomic E-state index is 13.4. The first kappa shape index (κ1) is 25.0. The second-order valence-electron chi connectivity index (χ2n) is 9.61. The summed E-state index contributed by atoms with van der Waals surface area (Å²) >= 11 is 5.85. The molecule has 7 heteroatoms. The Morgan fingerprint density at radius 3 is 2.56 bits per heavy atom. The number of hydrogen-bond acceptors (Lipinski definition) is 4. The average Bonchev–Trinajstić information content (AvgIpc) is 3.04. The van der Waals surface area contributed by atoms with Crippen LogP contribution in [0.15, 0.2) is 30.3 Å². The van der Waals surface area contributed by atoms with E-state index in [4.69, 9.17) is 16.3 Å². The first-order valence-electron chi connectivity index (χ1n) is 12.3. The summed E-state index contributed by atoms with van der Waals surface area (Å²) in [5.41, 5.74) is 4.27. The molecule has 0 radical (unpaired) electrons. The highest BCUT2D eigenvalue weighted by Gasteiger charge is 2.41. The van der Waals surface area contributed by atoms with Gasteiger partial charge >= 0.3 is 0 Å². The number of halogens is 2. The van der Waals surface area contributed by atoms with Crippen molar-refractivity contribution in [2.45, 2.75) is 70.6 Å². The van der Waals surface area contributed by atoms with Crippen LogP contribution in [-0.4, -0.2) is 49.1 Å². The molecule has 2 aromatic carbocycles. The monoisotopic (exact) mass is 487 g/mol. The van der Waals surface area contributed by atoms with Gasteiger partial charge in [-0.05, 0) is 100 Å². The minimum Gasteiger partial charge on any atom is -0.493 e. The van der Waals surface area contributed by atoms with E-state index in [1.165, 1.54) is 34.9 Å². The Morgan fingerprint density at radius 2 is 1.88 bits per heavy atom. The summed E-state index contributed by atoms with van der Waals surface area (Å²) in [4.78, 5) is 15.3. The van der Waals surface area contributed by atoms with E-state index in [1.54, 1.807) is 0 Å². The van der Waals surface area contributed by atoms with Gasteiger partial charge in [0.25, 0.3) is 5.91 Å². The SMILES string of the molecule is CNCCCOc1ccc(CN2C3CCC2CC(NC(=O)c2ccc(F)c(Cl)c2)C3)c(C)c1C. The van der Waals surface area contributed by atoms with E-state index in [-0.39, 0.29) is 17.0 Å². The van der Waals surface area contributed by atoms with E-state index in [1.807, 2.05) is 7.05 Å². The van der Waals surface area contributed by atoms with Gasteiger partial charge in [0.1, 0.15) is 11.6 Å². The Hall–Kier alpha value is -2.15. The summed E-state index contributed by atoms with van der Waals surface area (Å²) in [7, 11) is 1.95. The number of ether oxygens (including phenoxy) is 1. The van der Waals surface area contributed by atoms with Crippen LogP contribution in [0.4, 0.5) is 4.39 Å². The maximum Gasteiger partial charge on any atom is 0.251 e. The van der Waals surface area contributed by atoms with Crippen LogP contribution >= 0.6 is 11.6 Å². The van der Waals surface area contributed by atoms with Gasteiger partial charge < -0.3 is 15.4 Å². The second-order valence-corrected chi connectivity index (χ2v) is 10.0. The molecule has 2 N–H and O–H groups in total. The Morgan fingerprint density at radius 1 is 1.15 bits per heavy atom. The van der Waals surface area contributed by atoms with Gasteiger partial charge in [0, 0.05) is 30.2 Å². The van der Waals surface area contributed by atoms with Crippen molar-refractivity contribution in [1.29, 1.82) is 0 Å². The molecule has 2 bridgehead atoms. The number of fused-ring (bicyclic) bond motifs is 2. The molecule has 2 heterocycles. The summed E-state index contributed by atoms with van der Waals surface area (Å²) in [5, 5.41) is 6.28. The number of carbonyl (C=O) groups is 1. The lowest BCUT2D eigenvalue weighted by atomic mass is 9.94. The quantitative estimate of drug-likeness (QED) is 0.488. The molecule has 2 unspecified atom stereocenters. The molecule has 2 fully saturated rings. The summed E-state index contributed by atoms with van der Waals surface area (Å²) < 4.78 is 19.4. The van der Waals surface area contributed by atoms with Gasteiger partial charge in [-0.2, -0.15) is 0 Å². The van der Waals surface area contributed by atoms with Crippen LogP contribution in [0.3, 0.4) is 0 Å². The van der Waals surface area contributed by atoms with Gasteiger partial charge in [-0.25, -0.2) is 4.39 Å². The third-order valence-corrected chi connectivity index (χ3v) is 7.72. The molecule has 1 amide bonds. The molecule has 2 aromatic rings. The topological polar surface area (TPSA) is 53.6 Å². The molecule has 0 spiro atoms. The van der Waals surface area contributed by atoms with Crippen molar-refractivity contribution in [3.63, 3.8) is 0 Å². The largest absolute Gasteiger partial charge is 0.493 e. The number of rotatable bonds is 9. The van der Waals surface area contributed by atoms with Crippen molar-refractivity contribution >= 4 is 17.5 Å². The molecule has 2 aliphatic rings. The van der Waals surface area contributed by atoms with Crippen LogP contribution in [-0.2, 0) is 6.54 Å². The normalized spacial score (nSPS) is 22.1. The molecular weight excluding hydrogens is 453 g/mol. The van der Waals surface area contributed by atoms with Crippen molar-refractivity contribution in [1.82, 2.24) is 15.5 Å². The van der Waals surface area contributed by atoms with E-state index < -0.39 is 5.82 Å². The predicted molar refractivity (Wildman–Crippen MR) is 134 cm³/mol. The first-order valence-corrected chi connectivity index (χ1v) is 12.6. The van der Waals surface area contributed by atoms with Crippen LogP contribution in [0.5, 0.6) is 5.75 Å². The van der Waals surface area contributed by atoms with E-state index >= 15 is 0 Å². The highest BCUT2D eigenvalue weighted by molar-refractivity contribution is 6.31. The Bertz CT molecular complexity index is 1020. The van der Waals surface area contributed by atoms with Gasteiger partial charge in [0.05, 0.1) is 11.6 Å². The molecule has 0 aromatic heterocycles. The number of piperidine rings is 1. The Labute approximate surface area is 207 Å². The lowest BCUT2D eigenvalue weighted by molar-refractivity contribution is 0.0827. The number of benzene rings is 2. The van der Waals surface area contributed by atoms with Crippen molar-refractivity contribution in [2.75, 3.05) is 20.2 Å². The molecule has 0 aliphatic carbocycles. The molecule has 184 valence electrons. The van der Waals surface area contributed by atoms with Crippen molar-refractivity contribution in [2.24, 2.45) is 0 Å². The number of carbonyl (C=O) groups excluding carboxylic acids is 1. The van der Waals surface area contributed by atoms with Gasteiger partial charge in [0.15, 0.2) is 0 Å². The predicted octanol–water partition coefficient (Wildman–Crippen LogP) is 5.01. The van der Waals surface area contributed by atoms with Gasteiger partial charge in [-0.1, -0.05) is 17.7 Å². The third-order valence-electron chi connectivity index (χ3n) is 7.43. The maximum atomic E-state index is 13.4. The summed E-state index contributed by atoms with van der Waals surface area (Å²) in [6, 6.07) is 9.49. The zero-order valence-electron chi connectivity index (χ0n) is 20.3. The molecule has 2 aliphatic heterocycles. The third kappa shape index (κ3) is 5.56. The molecular formula is C27H35ClFN3O2. The van der Waals surface area contributed by atoms with Crippen LogP contribution < -0.4 is 15.4 Å². The first-order chi connectivity index (χ1) is 16.4. The zero-order chi connectivity index (χ0) is 24.2. The summed E-state index contributed by atoms with van der Waals surface area (Å²) in [6.45, 7) is 6.93. The standard InChI is InChI=1S/C27H35ClFN3O2/c1-17-18(2)26(34-12-4-11-30-3)10-6-20(17)16-32-22-7-8-23(32)15-21(14-22)31-27(33)19-5-9-25(29)24(28)13-19/h5-6,9-10,13,21-23,30H,4,7-8,11-12,14-16H2,1-3H3,(H,31,33). The van der Waals surface area contributed by atoms with Crippen molar-refractivity contribution < 1.29 is 13.9 Å². The number of hydrogen-bond donors (Lipinski definition) is 2. The van der Waals surface area contributed by atoms with E-state index in [0.29, 0.717) is 24.3 Å². The molecule has 5 nitrogen and oxygen atoms in total. The molecule has 4 rings (SSSR count). The second kappa shape index (κ2) is 11.1. The fraction of sp³-hybridized carbons (Fsp3) is 0.519. The summed E-state index contributed by atoms with van der Waals surface area (Å²) in [5.74, 6) is 0.280. The van der Waals surface area contributed by atoms with Crippen molar-refractivity contribution in [3.05, 3.63) is 63.4 Å². The average molecular weight is 488 g/mol. The van der Waals surface area contributed by atoms with Gasteiger partial charge in [0.2, 0.25) is 0 Å². The molecule has 2 saturated heterocycles. The molecule has 0 saturated carbocycles. The zero-order valence-corrected chi connectivity index (χ0v) is 21.1. The molecule has 34 heavy (non-hydrogen) atoms. The number of nitrogens with zero attached hydrogens (tertiary/aromatic N) is 1. The van der Waals surface area contributed by atoms with Crippen LogP contribution in [0, 0.1) is 19.7 Å². The highest BCUT2D eigenvalue weighted by Crippen LogP contribution is 2.38. The van der Waals surface area contributed by atoms with E-state index in [0.717, 1.165) is 50.9 Å². The minimum atomic E-state index is -0.511. The van der Waals surface area contributed by atoms with Crippen LogP contribution in [0.25, 0.3) is 0 Å². The van der Waals surface area contributed by atoms with Gasteiger partial charge in [-0.15, -0.1) is 0 Å². The lowest BCUT2D eigenvalue weighted by Crippen LogP contribution is -2.50. The van der Waals surface area contributed by atoms with Crippen molar-refractivity contribution in [3.8, 4) is 5.75 Å². The Balaban J connectivity index is 1.36. The highest BCUT2D eigenvalue weighted by atomic mass is 35.5. The number of nitrogens with one attached hydrogen (secondary N) is 2. The minimum absolute atomic E-state index is 0.0254.